The van der Waals surface area contributed by atoms with Gasteiger partial charge in [0.25, 0.3) is 0 Å². The molecule has 0 atom stereocenters. The van der Waals surface area contributed by atoms with Gasteiger partial charge in [0.05, 0.1) is 62.0 Å². The largest absolute Gasteiger partial charge is 1.00 e. The quantitative estimate of drug-likeness (QED) is 0.175. The summed E-state index contributed by atoms with van der Waals surface area (Å²) in [7, 11) is 4.26. The fraction of sp³-hybridized carbons (Fsp3) is 0.479. The maximum atomic E-state index is 8.66. The Morgan fingerprint density at radius 1 is 0.486 bits per heavy atom. The standard InChI is InChI=1S/C12H24B2O4.C12H18BNO3.C6H8BNO3.C6H6BrNO.C6H7NO.C5H3BrClN.CH3O.Na/c1-9(2)10(3,4)16-13(15-9)14-17-11(5,6)12(7,8)18-14;1-11(2)12(3,4)17-13(16-11)9-6-7-10(15-5)14-8-9;1-11-6-3-2-5(4-8-6)7(9)10;1-9-6-3-2-5(7)4-8-6;1-8-6-4-2-3-5-7-6;6-4-1-2-5(7)8-3-4;1-2;/h1-8H3;6-8H,1-5H3;2-4,9-10H,1H3;2-4H,1H3;2-5H,1H3;1-3H;1H3;/q;;;;;;-1;+1. The smallest absolute Gasteiger partial charge is 0.857 e. The first kappa shape index (κ1) is 69.1. The fourth-order valence-electron chi connectivity index (χ4n) is 5.60. The van der Waals surface area contributed by atoms with E-state index in [4.69, 9.17) is 73.6 Å². The van der Waals surface area contributed by atoms with Crippen LogP contribution in [0.3, 0.4) is 0 Å². The molecule has 74 heavy (non-hydrogen) atoms. The predicted molar refractivity (Wildman–Crippen MR) is 291 cm³/mol. The van der Waals surface area contributed by atoms with Gasteiger partial charge in [0.15, 0.2) is 0 Å². The van der Waals surface area contributed by atoms with Gasteiger partial charge in [-0.3, -0.25) is 0 Å². The third-order valence-corrected chi connectivity index (χ3v) is 13.1. The van der Waals surface area contributed by atoms with E-state index >= 15 is 0 Å². The van der Waals surface area contributed by atoms with Crippen molar-refractivity contribution in [2.45, 2.75) is 117 Å². The van der Waals surface area contributed by atoms with Crippen molar-refractivity contribution in [1.29, 1.82) is 0 Å². The van der Waals surface area contributed by atoms with Gasteiger partial charge in [-0.15, -0.1) is 0 Å². The predicted octanol–water partition coefficient (Wildman–Crippen LogP) is 3.83. The normalized spacial score (nSPS) is 17.3. The summed E-state index contributed by atoms with van der Waals surface area (Å²) in [5.41, 5.74) is -0.824. The van der Waals surface area contributed by atoms with Gasteiger partial charge in [-0.1, -0.05) is 29.8 Å². The van der Waals surface area contributed by atoms with Crippen LogP contribution in [0.25, 0.3) is 0 Å². The maximum Gasteiger partial charge on any atom is 1.00 e. The number of aromatic nitrogens is 5. The van der Waals surface area contributed by atoms with E-state index in [0.29, 0.717) is 34.1 Å². The molecule has 18 nitrogen and oxygen atoms in total. The molecule has 398 valence electrons. The number of halogens is 3. The van der Waals surface area contributed by atoms with Crippen molar-refractivity contribution < 1.29 is 91.6 Å². The molecule has 3 saturated heterocycles. The summed E-state index contributed by atoms with van der Waals surface area (Å²) in [5, 5.41) is 26.1. The van der Waals surface area contributed by atoms with Gasteiger partial charge < -0.3 is 62.0 Å². The third kappa shape index (κ3) is 21.5. The maximum absolute atomic E-state index is 8.66. The van der Waals surface area contributed by atoms with Gasteiger partial charge in [-0.2, -0.15) is 7.11 Å². The molecule has 8 rings (SSSR count). The molecule has 8 heterocycles. The SMILES string of the molecule is CC1(C)OB(B2OC(C)(C)C(C)(C)O2)OC1(C)C.COc1ccc(B(O)O)cn1.COc1ccc(B2OC(C)(C)C(C)(C)O2)cn1.COc1ccc(Br)cn1.COc1ccccn1.C[O-].Clc1ccc(Br)cn1.[Na+]. The molecule has 0 aromatic carbocycles. The van der Waals surface area contributed by atoms with E-state index in [-0.39, 0.29) is 70.3 Å². The van der Waals surface area contributed by atoms with E-state index in [1.54, 1.807) is 76.4 Å². The minimum Gasteiger partial charge on any atom is -0.857 e. The summed E-state index contributed by atoms with van der Waals surface area (Å²) in [5.74, 6) is 2.34. The number of nitrogens with zero attached hydrogens (tertiary/aromatic N) is 5. The van der Waals surface area contributed by atoms with Crippen LogP contribution in [0.4, 0.5) is 0 Å². The number of hydrogen-bond acceptors (Lipinski definition) is 18. The first-order valence-corrected chi connectivity index (χ1v) is 24.7. The Labute approximate surface area is 483 Å². The van der Waals surface area contributed by atoms with Gasteiger partial charge in [-0.05, 0) is 151 Å². The molecule has 0 unspecified atom stereocenters. The van der Waals surface area contributed by atoms with E-state index in [1.807, 2.05) is 113 Å². The van der Waals surface area contributed by atoms with Crippen LogP contribution >= 0.6 is 43.5 Å². The molecule has 0 spiro atoms. The van der Waals surface area contributed by atoms with Crippen molar-refractivity contribution in [2.24, 2.45) is 0 Å². The van der Waals surface area contributed by atoms with Gasteiger partial charge in [-0.25, -0.2) is 24.9 Å². The molecule has 5 aromatic rings. The number of hydrogen-bond donors (Lipinski definition) is 2. The first-order chi connectivity index (χ1) is 34.0. The Hall–Kier alpha value is -2.90. The zero-order valence-electron chi connectivity index (χ0n) is 45.8. The van der Waals surface area contributed by atoms with Crippen molar-refractivity contribution >= 4 is 82.6 Å². The van der Waals surface area contributed by atoms with Gasteiger partial charge in [0.2, 0.25) is 23.5 Å². The molecule has 3 aliphatic rings. The van der Waals surface area contributed by atoms with Crippen LogP contribution in [0.15, 0.2) is 107 Å². The Kier molecular flexibility index (Phi) is 29.4. The second-order valence-corrected chi connectivity index (χ2v) is 20.9. The Bertz CT molecular complexity index is 2240. The molecule has 0 bridgehead atoms. The summed E-state index contributed by atoms with van der Waals surface area (Å²) in [4.78, 5) is 19.5. The summed E-state index contributed by atoms with van der Waals surface area (Å²) in [6, 6.07) is 19.6. The van der Waals surface area contributed by atoms with Gasteiger partial charge in [0.1, 0.15) is 5.15 Å². The van der Waals surface area contributed by atoms with Crippen LogP contribution in [0.1, 0.15) is 83.1 Å². The van der Waals surface area contributed by atoms with Crippen molar-refractivity contribution in [3.8, 4) is 23.5 Å². The second-order valence-electron chi connectivity index (χ2n) is 18.7. The van der Waals surface area contributed by atoms with Crippen LogP contribution in [0, 0.1) is 0 Å². The van der Waals surface area contributed by atoms with E-state index in [1.165, 1.54) is 19.4 Å². The Morgan fingerprint density at radius 2 is 0.851 bits per heavy atom. The van der Waals surface area contributed by atoms with Crippen LogP contribution in [0.2, 0.25) is 5.15 Å². The average molecular weight is 1190 g/mol. The number of methoxy groups -OCH3 is 4. The van der Waals surface area contributed by atoms with Crippen LogP contribution in [0.5, 0.6) is 23.5 Å². The molecule has 5 aromatic heterocycles. The molecule has 3 fully saturated rings. The summed E-state index contributed by atoms with van der Waals surface area (Å²) in [6.07, 6.45) is 8.12. The Morgan fingerprint density at radius 3 is 1.14 bits per heavy atom. The molecule has 0 aliphatic carbocycles. The van der Waals surface area contributed by atoms with Crippen LogP contribution < -0.4 is 64.5 Å². The zero-order chi connectivity index (χ0) is 55.4. The Balaban J connectivity index is 0.000000453. The molecule has 3 aliphatic heterocycles. The van der Waals surface area contributed by atoms with Gasteiger partial charge in [0, 0.05) is 63.0 Å². The minimum absolute atomic E-state index is 0. The van der Waals surface area contributed by atoms with E-state index in [0.717, 1.165) is 21.5 Å². The van der Waals surface area contributed by atoms with Crippen molar-refractivity contribution in [1.82, 2.24) is 24.9 Å². The fourth-order valence-corrected chi connectivity index (χ4v) is 6.19. The third-order valence-electron chi connectivity index (χ3n) is 12.0. The summed E-state index contributed by atoms with van der Waals surface area (Å²) < 4.78 is 57.0. The number of rotatable bonds is 7. The van der Waals surface area contributed by atoms with Crippen LogP contribution in [-0.4, -0.2) is 132 Å². The average Bonchev–Trinajstić information content (AvgIpc) is 3.83. The molecule has 2 N–H and O–H groups in total. The molecular weight excluding hydrogens is 1120 g/mol. The topological polar surface area (TPSA) is 220 Å². The second kappa shape index (κ2) is 31.5. The van der Waals surface area contributed by atoms with E-state index < -0.39 is 21.1 Å². The van der Waals surface area contributed by atoms with E-state index in [2.05, 4.69) is 56.8 Å². The number of pyridine rings is 5. The number of ether oxygens (including phenoxy) is 4. The molecule has 0 amide bonds. The molecule has 26 heteroatoms. The molecule has 0 radical (unpaired) electrons. The summed E-state index contributed by atoms with van der Waals surface area (Å²) >= 11 is 12.0. The first-order valence-electron chi connectivity index (χ1n) is 22.7. The monoisotopic (exact) mass is 1180 g/mol. The zero-order valence-corrected chi connectivity index (χ0v) is 51.7. The van der Waals surface area contributed by atoms with Crippen molar-refractivity contribution in [3.05, 3.63) is 112 Å². The van der Waals surface area contributed by atoms with Crippen molar-refractivity contribution in [3.63, 3.8) is 0 Å². The minimum atomic E-state index is -1.46. The summed E-state index contributed by atoms with van der Waals surface area (Å²) in [6.45, 7) is 24.3. The molecular formula is C48H69B4Br2ClN5NaO13. The van der Waals surface area contributed by atoms with Crippen LogP contribution in [-0.2, 0) is 27.9 Å². The van der Waals surface area contributed by atoms with Crippen molar-refractivity contribution in [2.75, 3.05) is 35.5 Å². The molecule has 0 saturated carbocycles. The van der Waals surface area contributed by atoms with Gasteiger partial charge >= 0.3 is 57.8 Å². The van der Waals surface area contributed by atoms with E-state index in [9.17, 15) is 0 Å².